The second kappa shape index (κ2) is 8.95. The average Bonchev–Trinajstić information content (AvgIpc) is 3.35. The van der Waals surface area contributed by atoms with Crippen molar-refractivity contribution in [1.29, 1.82) is 0 Å². The van der Waals surface area contributed by atoms with Gasteiger partial charge in [-0.15, -0.1) is 0 Å². The Hall–Kier alpha value is -3.64. The van der Waals surface area contributed by atoms with Crippen LogP contribution in [-0.2, 0) is 0 Å². The number of methoxy groups -OCH3 is 1. The predicted molar refractivity (Wildman–Crippen MR) is 141 cm³/mol. The zero-order chi connectivity index (χ0) is 23.8. The van der Waals surface area contributed by atoms with Crippen molar-refractivity contribution in [1.82, 2.24) is 14.9 Å². The largest absolute Gasteiger partial charge is 0.497 e. The highest BCUT2D eigenvalue weighted by molar-refractivity contribution is 7.80. The Morgan fingerprint density at radius 3 is 2.38 bits per heavy atom. The molecule has 0 unspecified atom stereocenters. The molecule has 1 aliphatic heterocycles. The number of rotatable bonds is 5. The van der Waals surface area contributed by atoms with Crippen LogP contribution in [0.3, 0.4) is 0 Å². The molecular weight excluding hydrogens is 440 g/mol. The number of nitrogens with one attached hydrogen (secondary N) is 1. The molecule has 2 atom stereocenters. The van der Waals surface area contributed by atoms with Gasteiger partial charge in [0.1, 0.15) is 5.75 Å². The number of benzene rings is 2. The van der Waals surface area contributed by atoms with E-state index in [2.05, 4.69) is 89.1 Å². The smallest absolute Gasteiger partial charge is 0.174 e. The summed E-state index contributed by atoms with van der Waals surface area (Å²) in [6, 6.07) is 24.9. The van der Waals surface area contributed by atoms with Gasteiger partial charge in [0, 0.05) is 29.0 Å². The first kappa shape index (κ1) is 22.2. The van der Waals surface area contributed by atoms with Crippen molar-refractivity contribution >= 4 is 23.0 Å². The molecule has 0 amide bonds. The van der Waals surface area contributed by atoms with Gasteiger partial charge in [0.05, 0.1) is 24.9 Å². The first-order chi connectivity index (χ1) is 16.5. The third-order valence-electron chi connectivity index (χ3n) is 6.50. The molecule has 3 heterocycles. The Morgan fingerprint density at radius 2 is 1.71 bits per heavy atom. The number of hydrogen-bond donors (Lipinski definition) is 1. The van der Waals surface area contributed by atoms with Gasteiger partial charge >= 0.3 is 0 Å². The number of pyridine rings is 1. The summed E-state index contributed by atoms with van der Waals surface area (Å²) in [6.45, 7) is 6.43. The zero-order valence-corrected chi connectivity index (χ0v) is 20.6. The summed E-state index contributed by atoms with van der Waals surface area (Å²) in [4.78, 5) is 6.92. The predicted octanol–water partition coefficient (Wildman–Crippen LogP) is 5.98. The van der Waals surface area contributed by atoms with Crippen LogP contribution in [0.15, 0.2) is 79.0 Å². The minimum absolute atomic E-state index is 0.0394. The van der Waals surface area contributed by atoms with Gasteiger partial charge in [0.15, 0.2) is 5.11 Å². The van der Waals surface area contributed by atoms with Gasteiger partial charge in [-0.05, 0) is 98.7 Å². The second-order valence-corrected chi connectivity index (χ2v) is 9.08. The lowest BCUT2D eigenvalue weighted by molar-refractivity contribution is 0.414. The van der Waals surface area contributed by atoms with E-state index in [0.29, 0.717) is 5.11 Å². The van der Waals surface area contributed by atoms with E-state index in [0.717, 1.165) is 22.8 Å². The molecule has 6 heteroatoms. The summed E-state index contributed by atoms with van der Waals surface area (Å²) < 4.78 is 7.65. The van der Waals surface area contributed by atoms with E-state index in [4.69, 9.17) is 17.0 Å². The molecule has 1 fully saturated rings. The quantitative estimate of drug-likeness (QED) is 0.365. The molecule has 34 heavy (non-hydrogen) atoms. The molecule has 2 aromatic heterocycles. The highest BCUT2D eigenvalue weighted by atomic mass is 32.1. The minimum atomic E-state index is -0.0703. The molecule has 1 N–H and O–H groups in total. The Labute approximate surface area is 206 Å². The van der Waals surface area contributed by atoms with Gasteiger partial charge in [0.2, 0.25) is 0 Å². The van der Waals surface area contributed by atoms with Crippen LogP contribution >= 0.6 is 12.2 Å². The molecule has 0 spiro atoms. The lowest BCUT2D eigenvalue weighted by Gasteiger charge is -2.28. The van der Waals surface area contributed by atoms with Crippen LogP contribution in [0, 0.1) is 20.8 Å². The van der Waals surface area contributed by atoms with E-state index < -0.39 is 0 Å². The molecule has 4 aromatic rings. The number of aromatic nitrogens is 2. The fourth-order valence-electron chi connectivity index (χ4n) is 4.94. The Bertz CT molecular complexity index is 1330. The molecule has 1 saturated heterocycles. The average molecular weight is 469 g/mol. The number of anilines is 1. The molecule has 1 aliphatic rings. The number of ether oxygens (including phenoxy) is 1. The topological polar surface area (TPSA) is 42.3 Å². The third kappa shape index (κ3) is 3.84. The fourth-order valence-corrected chi connectivity index (χ4v) is 5.29. The van der Waals surface area contributed by atoms with E-state index >= 15 is 0 Å². The molecule has 2 aromatic carbocycles. The van der Waals surface area contributed by atoms with Crippen LogP contribution in [0.1, 0.15) is 40.3 Å². The van der Waals surface area contributed by atoms with Gasteiger partial charge in [0.25, 0.3) is 0 Å². The highest BCUT2D eigenvalue weighted by Gasteiger charge is 2.42. The second-order valence-electron chi connectivity index (χ2n) is 8.70. The third-order valence-corrected chi connectivity index (χ3v) is 6.81. The summed E-state index contributed by atoms with van der Waals surface area (Å²) in [5.74, 6) is 0.845. The summed E-state index contributed by atoms with van der Waals surface area (Å²) in [7, 11) is 1.69. The normalized spacial score (nSPS) is 17.6. The molecule has 0 aliphatic carbocycles. The van der Waals surface area contributed by atoms with Crippen molar-refractivity contribution < 1.29 is 4.74 Å². The van der Waals surface area contributed by atoms with Crippen LogP contribution < -0.4 is 15.0 Å². The van der Waals surface area contributed by atoms with Crippen molar-refractivity contribution in [3.63, 3.8) is 0 Å². The molecular formula is C28H28N4OS. The minimum Gasteiger partial charge on any atom is -0.497 e. The fraction of sp³-hybridized carbons (Fsp3) is 0.214. The van der Waals surface area contributed by atoms with Crippen molar-refractivity contribution in [2.75, 3.05) is 12.0 Å². The van der Waals surface area contributed by atoms with E-state index in [-0.39, 0.29) is 12.1 Å². The van der Waals surface area contributed by atoms with Gasteiger partial charge in [-0.2, -0.15) is 0 Å². The Balaban J connectivity index is 1.66. The lowest BCUT2D eigenvalue weighted by Crippen LogP contribution is -2.29. The first-order valence-electron chi connectivity index (χ1n) is 11.4. The number of thiocarbonyl (C=S) groups is 1. The number of hydrogen-bond acceptors (Lipinski definition) is 3. The van der Waals surface area contributed by atoms with Crippen LogP contribution in [-0.4, -0.2) is 21.8 Å². The van der Waals surface area contributed by atoms with E-state index in [1.54, 1.807) is 7.11 Å². The van der Waals surface area contributed by atoms with Gasteiger partial charge in [-0.1, -0.05) is 18.2 Å². The van der Waals surface area contributed by atoms with Crippen molar-refractivity contribution in [2.45, 2.75) is 32.9 Å². The SMILES string of the molecule is COc1ccc(-n2c(C)cc([C@H]3[C@H](c4ccccn4)NC(=S)N3c3cccc(C)c3)c2C)cc1. The van der Waals surface area contributed by atoms with E-state index in [1.165, 1.54) is 22.5 Å². The van der Waals surface area contributed by atoms with Gasteiger partial charge < -0.3 is 19.5 Å². The summed E-state index contributed by atoms with van der Waals surface area (Å²) in [5, 5.41) is 4.28. The molecule has 172 valence electrons. The maximum absolute atomic E-state index is 5.89. The van der Waals surface area contributed by atoms with Crippen LogP contribution in [0.25, 0.3) is 5.69 Å². The van der Waals surface area contributed by atoms with Gasteiger partial charge in [-0.3, -0.25) is 4.98 Å². The lowest BCUT2D eigenvalue weighted by atomic mass is 9.96. The van der Waals surface area contributed by atoms with E-state index in [9.17, 15) is 0 Å². The Kier molecular flexibility index (Phi) is 5.84. The van der Waals surface area contributed by atoms with Gasteiger partial charge in [-0.25, -0.2) is 0 Å². The van der Waals surface area contributed by atoms with Crippen LogP contribution in [0.4, 0.5) is 5.69 Å². The van der Waals surface area contributed by atoms with Crippen molar-refractivity contribution in [3.05, 3.63) is 107 Å². The maximum atomic E-state index is 5.89. The standard InChI is InChI=1S/C28H28N4OS/c1-18-8-7-9-22(16-18)32-27(26(30-28(32)34)25-10-5-6-15-29-25)24-17-19(2)31(20(24)3)21-11-13-23(33-4)14-12-21/h5-17,26-27H,1-4H3,(H,30,34)/t26-,27-/m0/s1. The summed E-state index contributed by atoms with van der Waals surface area (Å²) in [6.07, 6.45) is 1.84. The van der Waals surface area contributed by atoms with Crippen LogP contribution in [0.5, 0.6) is 5.75 Å². The van der Waals surface area contributed by atoms with Crippen molar-refractivity contribution in [2.24, 2.45) is 0 Å². The zero-order valence-electron chi connectivity index (χ0n) is 19.8. The first-order valence-corrected chi connectivity index (χ1v) is 11.8. The highest BCUT2D eigenvalue weighted by Crippen LogP contribution is 2.43. The summed E-state index contributed by atoms with van der Waals surface area (Å²) in [5.41, 5.74) is 7.92. The Morgan fingerprint density at radius 1 is 0.912 bits per heavy atom. The number of nitrogens with zero attached hydrogens (tertiary/aromatic N) is 3. The molecule has 0 radical (unpaired) electrons. The molecule has 0 bridgehead atoms. The van der Waals surface area contributed by atoms with Crippen molar-refractivity contribution in [3.8, 4) is 11.4 Å². The van der Waals surface area contributed by atoms with E-state index in [1.807, 2.05) is 30.5 Å². The molecule has 0 saturated carbocycles. The summed E-state index contributed by atoms with van der Waals surface area (Å²) >= 11 is 5.89. The van der Waals surface area contributed by atoms with Crippen LogP contribution in [0.2, 0.25) is 0 Å². The monoisotopic (exact) mass is 468 g/mol. The number of aryl methyl sites for hydroxylation is 2. The molecule has 5 nitrogen and oxygen atoms in total. The maximum Gasteiger partial charge on any atom is 0.174 e. The molecule has 5 rings (SSSR count).